The molecule has 2 fully saturated rings. The second-order valence-corrected chi connectivity index (χ2v) is 7.54. The second kappa shape index (κ2) is 9.22. The van der Waals surface area contributed by atoms with Crippen molar-refractivity contribution in [1.82, 2.24) is 15.1 Å². The minimum Gasteiger partial charge on any atom is -0.450 e. The zero-order valence-electron chi connectivity index (χ0n) is 16.4. The van der Waals surface area contributed by atoms with Crippen molar-refractivity contribution >= 4 is 12.0 Å². The number of piperidine rings is 2. The zero-order chi connectivity index (χ0) is 19.2. The van der Waals surface area contributed by atoms with E-state index in [1.807, 2.05) is 38.1 Å². The van der Waals surface area contributed by atoms with Gasteiger partial charge in [-0.15, -0.1) is 0 Å². The molecule has 148 valence electrons. The molecule has 2 heterocycles. The van der Waals surface area contributed by atoms with E-state index in [1.165, 1.54) is 0 Å². The summed E-state index contributed by atoms with van der Waals surface area (Å²) in [5.74, 6) is 0.0251. The molecule has 1 aromatic rings. The lowest BCUT2D eigenvalue weighted by molar-refractivity contribution is 0.0601. The van der Waals surface area contributed by atoms with Gasteiger partial charge in [-0.3, -0.25) is 9.69 Å². The third-order valence-corrected chi connectivity index (χ3v) is 5.68. The van der Waals surface area contributed by atoms with Crippen LogP contribution in [0.25, 0.3) is 0 Å². The summed E-state index contributed by atoms with van der Waals surface area (Å²) in [6.45, 7) is 7.69. The van der Waals surface area contributed by atoms with Crippen molar-refractivity contribution in [3.8, 4) is 0 Å². The van der Waals surface area contributed by atoms with E-state index in [0.29, 0.717) is 12.6 Å². The van der Waals surface area contributed by atoms with Crippen LogP contribution in [0.5, 0.6) is 0 Å². The second-order valence-electron chi connectivity index (χ2n) is 7.54. The van der Waals surface area contributed by atoms with Gasteiger partial charge in [-0.1, -0.05) is 18.2 Å². The summed E-state index contributed by atoms with van der Waals surface area (Å²) in [5, 5.41) is 3.22. The van der Waals surface area contributed by atoms with Crippen molar-refractivity contribution in [3.05, 3.63) is 35.4 Å². The predicted molar refractivity (Wildman–Crippen MR) is 105 cm³/mol. The van der Waals surface area contributed by atoms with E-state index < -0.39 is 0 Å². The zero-order valence-corrected chi connectivity index (χ0v) is 16.4. The lowest BCUT2D eigenvalue weighted by Gasteiger charge is -2.42. The highest BCUT2D eigenvalue weighted by molar-refractivity contribution is 5.95. The minimum absolute atomic E-state index is 0.0251. The van der Waals surface area contributed by atoms with Gasteiger partial charge in [-0.05, 0) is 57.7 Å². The first-order valence-corrected chi connectivity index (χ1v) is 10.1. The Morgan fingerprint density at radius 3 is 2.59 bits per heavy atom. The van der Waals surface area contributed by atoms with Crippen molar-refractivity contribution in [1.29, 1.82) is 0 Å². The maximum absolute atomic E-state index is 12.6. The lowest BCUT2D eigenvalue weighted by atomic mass is 9.97. The van der Waals surface area contributed by atoms with Gasteiger partial charge in [0.05, 0.1) is 6.61 Å². The summed E-state index contributed by atoms with van der Waals surface area (Å²) >= 11 is 0. The van der Waals surface area contributed by atoms with Crippen LogP contribution in [-0.2, 0) is 4.74 Å². The van der Waals surface area contributed by atoms with Crippen molar-refractivity contribution in [2.75, 3.05) is 32.8 Å². The molecule has 6 heteroatoms. The number of benzene rings is 1. The third-order valence-electron chi connectivity index (χ3n) is 5.68. The SMILES string of the molecule is CCOC(=O)N1CCC(N2CCC[C@H](NC(=O)c3ccccc3C)C2)CC1. The number of aryl methyl sites for hydroxylation is 1. The number of ether oxygens (including phenoxy) is 1. The van der Waals surface area contributed by atoms with Gasteiger partial charge in [-0.2, -0.15) is 0 Å². The normalized spacial score (nSPS) is 21.7. The van der Waals surface area contributed by atoms with E-state index in [9.17, 15) is 9.59 Å². The van der Waals surface area contributed by atoms with Crippen LogP contribution in [0.3, 0.4) is 0 Å². The van der Waals surface area contributed by atoms with Crippen LogP contribution in [-0.4, -0.2) is 66.7 Å². The van der Waals surface area contributed by atoms with Gasteiger partial charge in [0.15, 0.2) is 0 Å². The maximum Gasteiger partial charge on any atom is 0.409 e. The van der Waals surface area contributed by atoms with Crippen LogP contribution in [0.4, 0.5) is 4.79 Å². The Balaban J connectivity index is 1.51. The minimum atomic E-state index is -0.196. The number of likely N-dealkylation sites (tertiary alicyclic amines) is 2. The van der Waals surface area contributed by atoms with Crippen LogP contribution < -0.4 is 5.32 Å². The quantitative estimate of drug-likeness (QED) is 0.882. The molecule has 0 aliphatic carbocycles. The first kappa shape index (κ1) is 19.7. The largest absolute Gasteiger partial charge is 0.450 e. The number of amides is 2. The van der Waals surface area contributed by atoms with Gasteiger partial charge < -0.3 is 15.0 Å². The molecule has 6 nitrogen and oxygen atoms in total. The standard InChI is InChI=1S/C21H31N3O3/c1-3-27-21(26)23-13-10-18(11-14-23)24-12-6-8-17(15-24)22-20(25)19-9-5-4-7-16(19)2/h4-5,7,9,17-18H,3,6,8,10-15H2,1-2H3,(H,22,25)/t17-/m0/s1. The average molecular weight is 373 g/mol. The number of carbonyl (C=O) groups excluding carboxylic acids is 2. The highest BCUT2D eigenvalue weighted by Crippen LogP contribution is 2.22. The number of hydrogen-bond acceptors (Lipinski definition) is 4. The smallest absolute Gasteiger partial charge is 0.409 e. The van der Waals surface area contributed by atoms with Crippen molar-refractivity contribution in [2.24, 2.45) is 0 Å². The lowest BCUT2D eigenvalue weighted by Crippen LogP contribution is -2.54. The van der Waals surface area contributed by atoms with Crippen molar-refractivity contribution < 1.29 is 14.3 Å². The first-order valence-electron chi connectivity index (χ1n) is 10.1. The van der Waals surface area contributed by atoms with Crippen LogP contribution in [0.1, 0.15) is 48.5 Å². The molecule has 1 N–H and O–H groups in total. The molecule has 0 aromatic heterocycles. The van der Waals surface area contributed by atoms with Crippen LogP contribution in [0.2, 0.25) is 0 Å². The molecule has 1 atom stereocenters. The van der Waals surface area contributed by atoms with Crippen LogP contribution >= 0.6 is 0 Å². The molecule has 27 heavy (non-hydrogen) atoms. The fourth-order valence-electron chi connectivity index (χ4n) is 4.18. The number of hydrogen-bond donors (Lipinski definition) is 1. The molecule has 0 bridgehead atoms. The number of nitrogens with one attached hydrogen (secondary N) is 1. The summed E-state index contributed by atoms with van der Waals surface area (Å²) in [6, 6.07) is 8.39. The molecule has 0 radical (unpaired) electrons. The highest BCUT2D eigenvalue weighted by Gasteiger charge is 2.31. The summed E-state index contributed by atoms with van der Waals surface area (Å²) < 4.78 is 5.10. The Morgan fingerprint density at radius 2 is 1.89 bits per heavy atom. The summed E-state index contributed by atoms with van der Waals surface area (Å²) in [6.07, 6.45) is 3.86. The molecule has 0 unspecified atom stereocenters. The van der Waals surface area contributed by atoms with Gasteiger partial charge in [0.2, 0.25) is 0 Å². The Labute approximate surface area is 161 Å². The highest BCUT2D eigenvalue weighted by atomic mass is 16.6. The molecule has 0 saturated carbocycles. The summed E-state index contributed by atoms with van der Waals surface area (Å²) in [4.78, 5) is 28.8. The monoisotopic (exact) mass is 373 g/mol. The molecule has 2 aliphatic heterocycles. The van der Waals surface area contributed by atoms with E-state index in [0.717, 1.165) is 63.0 Å². The molecule has 0 spiro atoms. The maximum atomic E-state index is 12.6. The van der Waals surface area contributed by atoms with E-state index in [4.69, 9.17) is 4.74 Å². The summed E-state index contributed by atoms with van der Waals surface area (Å²) in [7, 11) is 0. The van der Waals surface area contributed by atoms with Gasteiger partial charge in [-0.25, -0.2) is 4.79 Å². The summed E-state index contributed by atoms with van der Waals surface area (Å²) in [5.41, 5.74) is 1.77. The van der Waals surface area contributed by atoms with Gasteiger partial charge in [0.25, 0.3) is 5.91 Å². The Bertz CT molecular complexity index is 656. The Hall–Kier alpha value is -2.08. The van der Waals surface area contributed by atoms with Crippen LogP contribution in [0.15, 0.2) is 24.3 Å². The fraction of sp³-hybridized carbons (Fsp3) is 0.619. The number of carbonyl (C=O) groups is 2. The van der Waals surface area contributed by atoms with E-state index >= 15 is 0 Å². The van der Waals surface area contributed by atoms with Crippen LogP contribution in [0, 0.1) is 6.92 Å². The Kier molecular flexibility index (Phi) is 6.72. The van der Waals surface area contributed by atoms with E-state index in [1.54, 1.807) is 4.90 Å². The predicted octanol–water partition coefficient (Wildman–Crippen LogP) is 2.81. The van der Waals surface area contributed by atoms with E-state index in [-0.39, 0.29) is 18.0 Å². The first-order chi connectivity index (χ1) is 13.1. The van der Waals surface area contributed by atoms with Crippen molar-refractivity contribution in [3.63, 3.8) is 0 Å². The van der Waals surface area contributed by atoms with Gasteiger partial charge in [0, 0.05) is 37.3 Å². The Morgan fingerprint density at radius 1 is 1.15 bits per heavy atom. The average Bonchev–Trinajstić information content (AvgIpc) is 2.69. The van der Waals surface area contributed by atoms with Gasteiger partial charge in [0.1, 0.15) is 0 Å². The topological polar surface area (TPSA) is 61.9 Å². The van der Waals surface area contributed by atoms with E-state index in [2.05, 4.69) is 10.2 Å². The number of nitrogens with zero attached hydrogens (tertiary/aromatic N) is 2. The van der Waals surface area contributed by atoms with Gasteiger partial charge >= 0.3 is 6.09 Å². The molecular weight excluding hydrogens is 342 g/mol. The molecule has 2 aliphatic rings. The molecular formula is C21H31N3O3. The number of rotatable bonds is 4. The molecule has 3 rings (SSSR count). The molecule has 2 saturated heterocycles. The molecule has 2 amide bonds. The van der Waals surface area contributed by atoms with Crippen molar-refractivity contribution in [2.45, 2.75) is 51.6 Å². The fourth-order valence-corrected chi connectivity index (χ4v) is 4.18. The molecule has 1 aromatic carbocycles. The third kappa shape index (κ3) is 5.01.